The Morgan fingerprint density at radius 2 is 1.76 bits per heavy atom. The van der Waals surface area contributed by atoms with Crippen molar-refractivity contribution in [2.45, 2.75) is 20.3 Å². The summed E-state index contributed by atoms with van der Waals surface area (Å²) in [7, 11) is 0. The predicted molar refractivity (Wildman–Crippen MR) is 102 cm³/mol. The van der Waals surface area contributed by atoms with E-state index in [0.717, 1.165) is 11.1 Å². The molecule has 0 aliphatic heterocycles. The van der Waals surface area contributed by atoms with Crippen LogP contribution >= 0.6 is 23.2 Å². The molecule has 0 atom stereocenters. The van der Waals surface area contributed by atoms with Crippen LogP contribution in [0, 0.1) is 6.92 Å². The summed E-state index contributed by atoms with van der Waals surface area (Å²) in [6, 6.07) is 12.8. The topological polar surface area (TPSA) is 49.4 Å². The summed E-state index contributed by atoms with van der Waals surface area (Å²) < 4.78 is 0. The fraction of sp³-hybridized carbons (Fsp3) is 0.263. The second kappa shape index (κ2) is 8.88. The largest absolute Gasteiger partial charge is 0.354 e. The third-order valence-electron chi connectivity index (χ3n) is 3.76. The van der Waals surface area contributed by atoms with Crippen molar-refractivity contribution in [2.75, 3.05) is 18.0 Å². The Bertz CT molecular complexity index is 761. The quantitative estimate of drug-likeness (QED) is 0.825. The molecule has 0 fully saturated rings. The van der Waals surface area contributed by atoms with Crippen LogP contribution < -0.4 is 10.2 Å². The fourth-order valence-corrected chi connectivity index (χ4v) is 2.87. The van der Waals surface area contributed by atoms with Crippen LogP contribution in [0.1, 0.15) is 18.1 Å². The highest BCUT2D eigenvalue weighted by molar-refractivity contribution is 6.35. The number of amides is 2. The maximum atomic E-state index is 12.2. The number of carbonyl (C=O) groups excluding carboxylic acids is 2. The first-order chi connectivity index (χ1) is 11.9. The lowest BCUT2D eigenvalue weighted by molar-refractivity contribution is -0.123. The summed E-state index contributed by atoms with van der Waals surface area (Å²) in [5.74, 6) is -0.402. The monoisotopic (exact) mass is 378 g/mol. The second-order valence-electron chi connectivity index (χ2n) is 5.78. The minimum absolute atomic E-state index is 0.0211. The molecule has 0 unspecified atom stereocenters. The Balaban J connectivity index is 1.91. The second-order valence-corrected chi connectivity index (χ2v) is 6.62. The summed E-state index contributed by atoms with van der Waals surface area (Å²) in [6.07, 6.45) is 0.590. The van der Waals surface area contributed by atoms with Crippen LogP contribution in [-0.4, -0.2) is 24.9 Å². The molecule has 2 rings (SSSR count). The van der Waals surface area contributed by atoms with Crippen LogP contribution in [0.2, 0.25) is 10.0 Å². The van der Waals surface area contributed by atoms with E-state index in [0.29, 0.717) is 28.7 Å². The fourth-order valence-electron chi connectivity index (χ4n) is 2.37. The summed E-state index contributed by atoms with van der Waals surface area (Å²) in [4.78, 5) is 25.5. The minimum Gasteiger partial charge on any atom is -0.354 e. The lowest BCUT2D eigenvalue weighted by Gasteiger charge is -2.21. The van der Waals surface area contributed by atoms with E-state index in [1.807, 2.05) is 37.3 Å². The van der Waals surface area contributed by atoms with E-state index in [-0.39, 0.29) is 18.4 Å². The Morgan fingerprint density at radius 1 is 1.08 bits per heavy atom. The van der Waals surface area contributed by atoms with Gasteiger partial charge in [0.25, 0.3) is 0 Å². The van der Waals surface area contributed by atoms with E-state index < -0.39 is 0 Å². The normalized spacial score (nSPS) is 10.4. The molecule has 2 amide bonds. The van der Waals surface area contributed by atoms with Crippen LogP contribution in [0.25, 0.3) is 0 Å². The van der Waals surface area contributed by atoms with Gasteiger partial charge < -0.3 is 10.2 Å². The molecule has 25 heavy (non-hydrogen) atoms. The van der Waals surface area contributed by atoms with Crippen molar-refractivity contribution in [1.82, 2.24) is 5.32 Å². The van der Waals surface area contributed by atoms with Crippen molar-refractivity contribution in [3.8, 4) is 0 Å². The molecule has 2 aromatic carbocycles. The number of aryl methyl sites for hydroxylation is 1. The molecule has 0 saturated carbocycles. The summed E-state index contributed by atoms with van der Waals surface area (Å²) in [5.41, 5.74) is 2.71. The molecule has 0 aliphatic carbocycles. The van der Waals surface area contributed by atoms with Crippen LogP contribution in [0.4, 0.5) is 5.69 Å². The summed E-state index contributed by atoms with van der Waals surface area (Å²) in [5, 5.41) is 3.97. The molecule has 0 heterocycles. The van der Waals surface area contributed by atoms with Crippen molar-refractivity contribution >= 4 is 40.7 Å². The molecular formula is C19H20Cl2N2O2. The van der Waals surface area contributed by atoms with Crippen LogP contribution in [0.15, 0.2) is 42.5 Å². The summed E-state index contributed by atoms with van der Waals surface area (Å²) in [6.45, 7) is 3.82. The molecule has 0 saturated heterocycles. The molecule has 0 spiro atoms. The number of nitrogens with one attached hydrogen (secondary N) is 1. The van der Waals surface area contributed by atoms with Gasteiger partial charge in [-0.25, -0.2) is 0 Å². The molecule has 2 aromatic rings. The highest BCUT2D eigenvalue weighted by atomic mass is 35.5. The van der Waals surface area contributed by atoms with Gasteiger partial charge in [-0.1, -0.05) is 47.0 Å². The molecule has 0 aliphatic rings. The smallest absolute Gasteiger partial charge is 0.240 e. The zero-order valence-electron chi connectivity index (χ0n) is 14.2. The number of halogens is 2. The van der Waals surface area contributed by atoms with Gasteiger partial charge in [-0.2, -0.15) is 0 Å². The molecular weight excluding hydrogens is 359 g/mol. The van der Waals surface area contributed by atoms with Gasteiger partial charge in [0, 0.05) is 29.2 Å². The molecule has 4 nitrogen and oxygen atoms in total. The molecule has 0 radical (unpaired) electrons. The highest BCUT2D eigenvalue weighted by Gasteiger charge is 2.15. The van der Waals surface area contributed by atoms with E-state index in [1.54, 1.807) is 12.1 Å². The van der Waals surface area contributed by atoms with Gasteiger partial charge in [-0.3, -0.25) is 9.59 Å². The van der Waals surface area contributed by atoms with E-state index in [2.05, 4.69) is 5.32 Å². The van der Waals surface area contributed by atoms with Gasteiger partial charge in [-0.15, -0.1) is 0 Å². The van der Waals surface area contributed by atoms with Crippen LogP contribution in [0.3, 0.4) is 0 Å². The number of anilines is 1. The lowest BCUT2D eigenvalue weighted by Crippen LogP contribution is -2.40. The first-order valence-corrected chi connectivity index (χ1v) is 8.68. The van der Waals surface area contributed by atoms with Crippen molar-refractivity contribution in [1.29, 1.82) is 0 Å². The van der Waals surface area contributed by atoms with Crippen molar-refractivity contribution in [3.63, 3.8) is 0 Å². The third kappa shape index (κ3) is 5.76. The van der Waals surface area contributed by atoms with Gasteiger partial charge in [-0.05, 0) is 43.2 Å². The average Bonchev–Trinajstić information content (AvgIpc) is 2.55. The van der Waals surface area contributed by atoms with E-state index in [1.165, 1.54) is 11.8 Å². The van der Waals surface area contributed by atoms with Gasteiger partial charge in [0.2, 0.25) is 11.8 Å². The van der Waals surface area contributed by atoms with Crippen molar-refractivity contribution in [2.24, 2.45) is 0 Å². The molecule has 0 aromatic heterocycles. The average molecular weight is 379 g/mol. The summed E-state index contributed by atoms with van der Waals surface area (Å²) >= 11 is 12.0. The number of hydrogen-bond donors (Lipinski definition) is 1. The van der Waals surface area contributed by atoms with Crippen molar-refractivity contribution in [3.05, 3.63) is 63.6 Å². The van der Waals surface area contributed by atoms with Crippen LogP contribution in [-0.2, 0) is 16.0 Å². The maximum Gasteiger partial charge on any atom is 0.240 e. The van der Waals surface area contributed by atoms with E-state index in [4.69, 9.17) is 23.2 Å². The van der Waals surface area contributed by atoms with E-state index in [9.17, 15) is 9.59 Å². The Hall–Kier alpha value is -2.04. The number of carbonyl (C=O) groups is 2. The molecule has 6 heteroatoms. The first kappa shape index (κ1) is 19.3. The third-order valence-corrected chi connectivity index (χ3v) is 4.35. The zero-order chi connectivity index (χ0) is 18.4. The highest BCUT2D eigenvalue weighted by Crippen LogP contribution is 2.21. The van der Waals surface area contributed by atoms with E-state index >= 15 is 0 Å². The Kier molecular flexibility index (Phi) is 6.85. The molecule has 132 valence electrons. The SMILES string of the molecule is CC(=O)N(CC(=O)NCCc1ccc(Cl)cc1Cl)c1ccc(C)cc1. The number of nitrogens with zero attached hydrogens (tertiary/aromatic N) is 1. The molecule has 0 bridgehead atoms. The molecule has 1 N–H and O–H groups in total. The Labute approximate surface area is 157 Å². The van der Waals surface area contributed by atoms with Crippen molar-refractivity contribution < 1.29 is 9.59 Å². The van der Waals surface area contributed by atoms with Gasteiger partial charge in [0.1, 0.15) is 6.54 Å². The maximum absolute atomic E-state index is 12.2. The first-order valence-electron chi connectivity index (χ1n) is 7.92. The van der Waals surface area contributed by atoms with Gasteiger partial charge in [0.15, 0.2) is 0 Å². The van der Waals surface area contributed by atoms with Gasteiger partial charge >= 0.3 is 0 Å². The lowest BCUT2D eigenvalue weighted by atomic mass is 10.1. The van der Waals surface area contributed by atoms with Crippen LogP contribution in [0.5, 0.6) is 0 Å². The zero-order valence-corrected chi connectivity index (χ0v) is 15.7. The van der Waals surface area contributed by atoms with Gasteiger partial charge in [0.05, 0.1) is 0 Å². The number of hydrogen-bond acceptors (Lipinski definition) is 2. The Morgan fingerprint density at radius 3 is 2.36 bits per heavy atom. The number of benzene rings is 2. The minimum atomic E-state index is -0.221. The standard InChI is InChI=1S/C19H20Cl2N2O2/c1-13-3-7-17(8-4-13)23(14(2)24)12-19(25)22-10-9-15-5-6-16(20)11-18(15)21/h3-8,11H,9-10,12H2,1-2H3,(H,22,25). The number of rotatable bonds is 6. The predicted octanol–water partition coefficient (Wildman–Crippen LogP) is 4.01.